The Kier molecular flexibility index (Phi) is 6.15. The van der Waals surface area contributed by atoms with E-state index in [1.54, 1.807) is 11.9 Å². The normalized spacial score (nSPS) is 10.2. The lowest BCUT2D eigenvalue weighted by atomic mass is 10.2. The molecule has 1 aromatic rings. The Labute approximate surface area is 116 Å². The van der Waals surface area contributed by atoms with Crippen LogP contribution in [-0.2, 0) is 11.3 Å². The molecule has 18 heavy (non-hydrogen) atoms. The van der Waals surface area contributed by atoms with Gasteiger partial charge in [0.15, 0.2) is 6.61 Å². The van der Waals surface area contributed by atoms with Gasteiger partial charge in [0, 0.05) is 20.1 Å². The van der Waals surface area contributed by atoms with Gasteiger partial charge in [-0.25, -0.2) is 0 Å². The number of amides is 1. The van der Waals surface area contributed by atoms with Crippen LogP contribution in [0.1, 0.15) is 12.5 Å². The van der Waals surface area contributed by atoms with Gasteiger partial charge in [0.25, 0.3) is 5.91 Å². The van der Waals surface area contributed by atoms with Crippen molar-refractivity contribution in [2.75, 3.05) is 27.2 Å². The van der Waals surface area contributed by atoms with Gasteiger partial charge in [-0.2, -0.15) is 0 Å². The number of carbonyl (C=O) groups excluding carboxylic acids is 1. The summed E-state index contributed by atoms with van der Waals surface area (Å²) in [5.74, 6) is 0.663. The highest BCUT2D eigenvalue weighted by Crippen LogP contribution is 2.26. The standard InChI is InChI=1S/C13H19BrN2O2/c1-4-16(3)13(17)9-18-12-6-5-10(8-15-2)7-11(12)14/h5-7,15H,4,8-9H2,1-3H3. The van der Waals surface area contributed by atoms with Crippen LogP contribution in [-0.4, -0.2) is 38.1 Å². The Morgan fingerprint density at radius 2 is 2.22 bits per heavy atom. The first-order chi connectivity index (χ1) is 8.58. The molecule has 0 atom stereocenters. The lowest BCUT2D eigenvalue weighted by molar-refractivity contribution is -0.131. The van der Waals surface area contributed by atoms with E-state index in [0.29, 0.717) is 12.3 Å². The number of likely N-dealkylation sites (N-methyl/N-ethyl adjacent to an activating group) is 1. The fourth-order valence-electron chi connectivity index (χ4n) is 1.40. The number of hydrogen-bond donors (Lipinski definition) is 1. The van der Waals surface area contributed by atoms with Crippen molar-refractivity contribution in [3.05, 3.63) is 28.2 Å². The third-order valence-corrected chi connectivity index (χ3v) is 3.25. The molecule has 0 aliphatic carbocycles. The molecule has 100 valence electrons. The highest BCUT2D eigenvalue weighted by Gasteiger charge is 2.09. The molecule has 0 fully saturated rings. The largest absolute Gasteiger partial charge is 0.483 e. The zero-order valence-corrected chi connectivity index (χ0v) is 12.6. The highest BCUT2D eigenvalue weighted by atomic mass is 79.9. The summed E-state index contributed by atoms with van der Waals surface area (Å²) in [5.41, 5.74) is 1.16. The van der Waals surface area contributed by atoms with E-state index in [4.69, 9.17) is 4.74 Å². The summed E-state index contributed by atoms with van der Waals surface area (Å²) in [7, 11) is 3.66. The average molecular weight is 315 g/mol. The van der Waals surface area contributed by atoms with Gasteiger partial charge < -0.3 is 15.0 Å². The van der Waals surface area contributed by atoms with E-state index in [9.17, 15) is 4.79 Å². The molecule has 0 bridgehead atoms. The van der Waals surface area contributed by atoms with E-state index >= 15 is 0 Å². The van der Waals surface area contributed by atoms with Crippen molar-refractivity contribution in [3.63, 3.8) is 0 Å². The van der Waals surface area contributed by atoms with E-state index < -0.39 is 0 Å². The average Bonchev–Trinajstić information content (AvgIpc) is 2.36. The van der Waals surface area contributed by atoms with Crippen LogP contribution in [0.15, 0.2) is 22.7 Å². The van der Waals surface area contributed by atoms with Crippen LogP contribution in [0.25, 0.3) is 0 Å². The molecule has 0 aliphatic rings. The quantitative estimate of drug-likeness (QED) is 0.873. The lowest BCUT2D eigenvalue weighted by Crippen LogP contribution is -2.31. The molecule has 1 amide bonds. The van der Waals surface area contributed by atoms with E-state index in [2.05, 4.69) is 21.2 Å². The van der Waals surface area contributed by atoms with Crippen molar-refractivity contribution >= 4 is 21.8 Å². The van der Waals surface area contributed by atoms with Gasteiger partial charge in [-0.15, -0.1) is 0 Å². The smallest absolute Gasteiger partial charge is 0.260 e. The molecule has 0 unspecified atom stereocenters. The van der Waals surface area contributed by atoms with Gasteiger partial charge in [-0.05, 0) is 47.6 Å². The van der Waals surface area contributed by atoms with Gasteiger partial charge in [0.2, 0.25) is 0 Å². The minimum Gasteiger partial charge on any atom is -0.483 e. The van der Waals surface area contributed by atoms with Crippen molar-refractivity contribution < 1.29 is 9.53 Å². The first-order valence-corrected chi connectivity index (χ1v) is 6.67. The SMILES string of the molecule is CCN(C)C(=O)COc1ccc(CNC)cc1Br. The van der Waals surface area contributed by atoms with Crippen LogP contribution in [0, 0.1) is 0 Å². The van der Waals surface area contributed by atoms with Crippen molar-refractivity contribution in [1.82, 2.24) is 10.2 Å². The first kappa shape index (κ1) is 15.0. The third-order valence-electron chi connectivity index (χ3n) is 2.63. The highest BCUT2D eigenvalue weighted by molar-refractivity contribution is 9.10. The summed E-state index contributed by atoms with van der Waals surface area (Å²) in [5, 5.41) is 3.08. The number of hydrogen-bond acceptors (Lipinski definition) is 3. The Morgan fingerprint density at radius 3 is 2.78 bits per heavy atom. The molecule has 1 N–H and O–H groups in total. The predicted octanol–water partition coefficient (Wildman–Crippen LogP) is 2.03. The molecule has 0 radical (unpaired) electrons. The second-order valence-corrected chi connectivity index (χ2v) is 4.85. The molecule has 0 saturated heterocycles. The molecule has 4 nitrogen and oxygen atoms in total. The summed E-state index contributed by atoms with van der Waals surface area (Å²) in [4.78, 5) is 13.2. The number of rotatable bonds is 6. The van der Waals surface area contributed by atoms with E-state index in [-0.39, 0.29) is 12.5 Å². The van der Waals surface area contributed by atoms with Gasteiger partial charge in [-0.3, -0.25) is 4.79 Å². The Hall–Kier alpha value is -1.07. The molecule has 1 aromatic carbocycles. The number of benzene rings is 1. The van der Waals surface area contributed by atoms with Crippen LogP contribution in [0.4, 0.5) is 0 Å². The van der Waals surface area contributed by atoms with Crippen LogP contribution in [0.5, 0.6) is 5.75 Å². The van der Waals surface area contributed by atoms with E-state index in [1.165, 1.54) is 0 Å². The van der Waals surface area contributed by atoms with Crippen LogP contribution >= 0.6 is 15.9 Å². The molecule has 0 aliphatic heterocycles. The third kappa shape index (κ3) is 4.31. The number of nitrogens with zero attached hydrogens (tertiary/aromatic N) is 1. The Morgan fingerprint density at radius 1 is 1.50 bits per heavy atom. The van der Waals surface area contributed by atoms with Gasteiger partial charge in [0.05, 0.1) is 4.47 Å². The molecule has 0 spiro atoms. The van der Waals surface area contributed by atoms with Crippen molar-refractivity contribution in [2.24, 2.45) is 0 Å². The zero-order chi connectivity index (χ0) is 13.5. The van der Waals surface area contributed by atoms with Crippen molar-refractivity contribution in [2.45, 2.75) is 13.5 Å². The molecule has 0 heterocycles. The number of carbonyl (C=O) groups is 1. The zero-order valence-electron chi connectivity index (χ0n) is 11.0. The second kappa shape index (κ2) is 7.38. The molecule has 5 heteroatoms. The maximum Gasteiger partial charge on any atom is 0.260 e. The summed E-state index contributed by atoms with van der Waals surface area (Å²) < 4.78 is 6.36. The maximum atomic E-state index is 11.6. The molecule has 0 saturated carbocycles. The lowest BCUT2D eigenvalue weighted by Gasteiger charge is -2.15. The minimum absolute atomic E-state index is 0.0244. The number of halogens is 1. The van der Waals surface area contributed by atoms with Crippen LogP contribution < -0.4 is 10.1 Å². The maximum absolute atomic E-state index is 11.6. The summed E-state index contributed by atoms with van der Waals surface area (Å²) in [6, 6.07) is 5.83. The van der Waals surface area contributed by atoms with E-state index in [0.717, 1.165) is 16.6 Å². The first-order valence-electron chi connectivity index (χ1n) is 5.88. The Balaban J connectivity index is 2.60. The van der Waals surface area contributed by atoms with Gasteiger partial charge in [-0.1, -0.05) is 6.07 Å². The van der Waals surface area contributed by atoms with E-state index in [1.807, 2.05) is 32.2 Å². The monoisotopic (exact) mass is 314 g/mol. The summed E-state index contributed by atoms with van der Waals surface area (Å²) in [6.07, 6.45) is 0. The minimum atomic E-state index is -0.0244. The van der Waals surface area contributed by atoms with Gasteiger partial charge in [0.1, 0.15) is 5.75 Å². The van der Waals surface area contributed by atoms with Crippen LogP contribution in [0.3, 0.4) is 0 Å². The van der Waals surface area contributed by atoms with Crippen molar-refractivity contribution in [1.29, 1.82) is 0 Å². The molecule has 0 aromatic heterocycles. The summed E-state index contributed by atoms with van der Waals surface area (Å²) in [6.45, 7) is 3.48. The van der Waals surface area contributed by atoms with Gasteiger partial charge >= 0.3 is 0 Å². The second-order valence-electron chi connectivity index (χ2n) is 3.99. The number of ether oxygens (including phenoxy) is 1. The summed E-state index contributed by atoms with van der Waals surface area (Å²) >= 11 is 3.44. The number of nitrogens with one attached hydrogen (secondary N) is 1. The molecular weight excluding hydrogens is 296 g/mol. The van der Waals surface area contributed by atoms with Crippen molar-refractivity contribution in [3.8, 4) is 5.75 Å². The van der Waals surface area contributed by atoms with Crippen LogP contribution in [0.2, 0.25) is 0 Å². The topological polar surface area (TPSA) is 41.6 Å². The Bertz CT molecular complexity index is 410. The predicted molar refractivity (Wildman–Crippen MR) is 75.7 cm³/mol. The fourth-order valence-corrected chi connectivity index (χ4v) is 1.94. The molecule has 1 rings (SSSR count). The fraction of sp³-hybridized carbons (Fsp3) is 0.462. The molecular formula is C13H19BrN2O2.